The van der Waals surface area contributed by atoms with Gasteiger partial charge < -0.3 is 14.2 Å². The number of hydrogen-bond donors (Lipinski definition) is 0. The molecule has 0 aromatic rings. The molecule has 0 aromatic heterocycles. The highest BCUT2D eigenvalue weighted by molar-refractivity contribution is 5.69. The molecule has 0 bridgehead atoms. The first-order chi connectivity index (χ1) is 8.86. The molecule has 1 aliphatic heterocycles. The van der Waals surface area contributed by atoms with E-state index in [2.05, 4.69) is 0 Å². The van der Waals surface area contributed by atoms with Crippen LogP contribution in [0.25, 0.3) is 0 Å². The summed E-state index contributed by atoms with van der Waals surface area (Å²) >= 11 is 0. The van der Waals surface area contributed by atoms with Crippen LogP contribution in [0.2, 0.25) is 0 Å². The van der Waals surface area contributed by atoms with Gasteiger partial charge in [-0.25, -0.2) is 4.39 Å². The average Bonchev–Trinajstić information content (AvgIpc) is 2.37. The Morgan fingerprint density at radius 3 is 2.42 bits per heavy atom. The van der Waals surface area contributed by atoms with E-state index in [1.807, 2.05) is 0 Å². The number of carbonyl (C=O) groups is 2. The minimum Gasteiger partial charge on any atom is -0.463 e. The number of halogens is 1. The molecule has 19 heavy (non-hydrogen) atoms. The van der Waals surface area contributed by atoms with Gasteiger partial charge in [0.2, 0.25) is 6.29 Å². The Kier molecular flexibility index (Phi) is 5.72. The summed E-state index contributed by atoms with van der Waals surface area (Å²) in [6.07, 6.45) is -2.72. The quantitative estimate of drug-likeness (QED) is 0.733. The molecule has 110 valence electrons. The first kappa shape index (κ1) is 15.9. The van der Waals surface area contributed by atoms with Gasteiger partial charge in [0, 0.05) is 19.3 Å². The number of rotatable bonds is 4. The van der Waals surface area contributed by atoms with E-state index in [0.29, 0.717) is 0 Å². The summed E-state index contributed by atoms with van der Waals surface area (Å²) in [5.74, 6) is -1.49. The van der Waals surface area contributed by atoms with Gasteiger partial charge in [-0.15, -0.1) is 0 Å². The summed E-state index contributed by atoms with van der Waals surface area (Å²) in [5, 5.41) is 0. The molecule has 0 amide bonds. The largest absolute Gasteiger partial charge is 0.463 e. The van der Waals surface area contributed by atoms with Crippen LogP contribution in [-0.4, -0.2) is 37.1 Å². The fourth-order valence-electron chi connectivity index (χ4n) is 1.93. The minimum atomic E-state index is -1.26. The first-order valence-corrected chi connectivity index (χ1v) is 6.49. The van der Waals surface area contributed by atoms with Crippen LogP contribution in [0.15, 0.2) is 0 Å². The molecule has 0 aliphatic carbocycles. The summed E-state index contributed by atoms with van der Waals surface area (Å²) in [7, 11) is 0. The maximum Gasteiger partial charge on any atom is 0.307 e. The summed E-state index contributed by atoms with van der Waals surface area (Å²) < 4.78 is 29.4. The minimum absolute atomic E-state index is 0.173. The summed E-state index contributed by atoms with van der Waals surface area (Å²) in [6.45, 7) is 6.25. The van der Waals surface area contributed by atoms with Crippen LogP contribution >= 0.6 is 0 Å². The Hall–Kier alpha value is -1.17. The number of carbonyl (C=O) groups excluding carboxylic acids is 2. The fraction of sp³-hybridized carbons (Fsp3) is 0.846. The van der Waals surface area contributed by atoms with Gasteiger partial charge in [0.1, 0.15) is 18.9 Å². The van der Waals surface area contributed by atoms with E-state index in [1.54, 1.807) is 20.8 Å². The van der Waals surface area contributed by atoms with Crippen molar-refractivity contribution in [2.45, 2.75) is 52.7 Å². The SMILES string of the molecule is CCC(=O)O[C@@H]1OC(COC(C)=O)[C@@H](F)[C@H](C)C1C. The predicted octanol–water partition coefficient (Wildman–Crippen LogP) is 1.84. The molecule has 2 unspecified atom stereocenters. The zero-order valence-electron chi connectivity index (χ0n) is 11.7. The topological polar surface area (TPSA) is 61.8 Å². The van der Waals surface area contributed by atoms with E-state index < -0.39 is 30.5 Å². The molecule has 0 radical (unpaired) electrons. The van der Waals surface area contributed by atoms with Crippen LogP contribution in [0, 0.1) is 11.8 Å². The van der Waals surface area contributed by atoms with Gasteiger partial charge in [-0.3, -0.25) is 9.59 Å². The zero-order chi connectivity index (χ0) is 14.6. The lowest BCUT2D eigenvalue weighted by atomic mass is 9.86. The fourth-order valence-corrected chi connectivity index (χ4v) is 1.93. The van der Waals surface area contributed by atoms with Crippen LogP contribution in [0.5, 0.6) is 0 Å². The van der Waals surface area contributed by atoms with Gasteiger partial charge in [-0.2, -0.15) is 0 Å². The van der Waals surface area contributed by atoms with E-state index in [0.717, 1.165) is 0 Å². The van der Waals surface area contributed by atoms with Gasteiger partial charge in [0.15, 0.2) is 0 Å². The van der Waals surface area contributed by atoms with Crippen molar-refractivity contribution in [3.8, 4) is 0 Å². The van der Waals surface area contributed by atoms with Gasteiger partial charge in [-0.05, 0) is 5.92 Å². The molecule has 0 saturated carbocycles. The third-order valence-electron chi connectivity index (χ3n) is 3.41. The van der Waals surface area contributed by atoms with Crippen LogP contribution < -0.4 is 0 Å². The van der Waals surface area contributed by atoms with Crippen molar-refractivity contribution in [1.82, 2.24) is 0 Å². The monoisotopic (exact) mass is 276 g/mol. The van der Waals surface area contributed by atoms with Crippen molar-refractivity contribution >= 4 is 11.9 Å². The maximum absolute atomic E-state index is 14.1. The standard InChI is InChI=1S/C13H21FO5/c1-5-11(16)19-13-8(3)7(2)12(14)10(18-13)6-17-9(4)15/h7-8,10,12-13H,5-6H2,1-4H3/t7-,8?,10?,12+,13+/m1/s1. The lowest BCUT2D eigenvalue weighted by Crippen LogP contribution is -2.50. The molecular formula is C13H21FO5. The molecule has 0 spiro atoms. The van der Waals surface area contributed by atoms with Crippen LogP contribution in [0.1, 0.15) is 34.1 Å². The van der Waals surface area contributed by atoms with E-state index in [9.17, 15) is 14.0 Å². The lowest BCUT2D eigenvalue weighted by Gasteiger charge is -2.40. The van der Waals surface area contributed by atoms with Gasteiger partial charge in [0.25, 0.3) is 0 Å². The average molecular weight is 276 g/mol. The Bertz CT molecular complexity index is 333. The summed E-state index contributed by atoms with van der Waals surface area (Å²) in [5.41, 5.74) is 0. The van der Waals surface area contributed by atoms with E-state index in [-0.39, 0.29) is 24.9 Å². The highest BCUT2D eigenvalue weighted by Crippen LogP contribution is 2.33. The Morgan fingerprint density at radius 1 is 1.26 bits per heavy atom. The molecule has 6 heteroatoms. The number of ether oxygens (including phenoxy) is 3. The normalized spacial score (nSPS) is 34.7. The second-order valence-corrected chi connectivity index (χ2v) is 4.85. The third-order valence-corrected chi connectivity index (χ3v) is 3.41. The molecule has 0 N–H and O–H groups in total. The second-order valence-electron chi connectivity index (χ2n) is 4.85. The van der Waals surface area contributed by atoms with Crippen LogP contribution in [-0.2, 0) is 23.8 Å². The summed E-state index contributed by atoms with van der Waals surface area (Å²) in [4.78, 5) is 22.1. The second kappa shape index (κ2) is 6.84. The van der Waals surface area contributed by atoms with E-state index in [4.69, 9.17) is 14.2 Å². The number of hydrogen-bond acceptors (Lipinski definition) is 5. The predicted molar refractivity (Wildman–Crippen MR) is 64.9 cm³/mol. The highest BCUT2D eigenvalue weighted by Gasteiger charge is 2.43. The van der Waals surface area contributed by atoms with Gasteiger partial charge in [0.05, 0.1) is 0 Å². The third kappa shape index (κ3) is 4.16. The van der Waals surface area contributed by atoms with E-state index >= 15 is 0 Å². The molecule has 1 rings (SSSR count). The van der Waals surface area contributed by atoms with Crippen LogP contribution in [0.4, 0.5) is 4.39 Å². The van der Waals surface area contributed by atoms with E-state index in [1.165, 1.54) is 6.92 Å². The molecular weight excluding hydrogens is 255 g/mol. The smallest absolute Gasteiger partial charge is 0.307 e. The Morgan fingerprint density at radius 2 is 1.89 bits per heavy atom. The maximum atomic E-state index is 14.1. The van der Waals surface area contributed by atoms with Crippen molar-refractivity contribution in [3.05, 3.63) is 0 Å². The van der Waals surface area contributed by atoms with Gasteiger partial charge >= 0.3 is 11.9 Å². The molecule has 1 fully saturated rings. The lowest BCUT2D eigenvalue weighted by molar-refractivity contribution is -0.252. The van der Waals surface area contributed by atoms with Crippen LogP contribution in [0.3, 0.4) is 0 Å². The van der Waals surface area contributed by atoms with Crippen molar-refractivity contribution in [2.75, 3.05) is 6.61 Å². The zero-order valence-corrected chi connectivity index (χ0v) is 11.7. The van der Waals surface area contributed by atoms with Crippen molar-refractivity contribution in [3.63, 3.8) is 0 Å². The molecule has 5 atom stereocenters. The van der Waals surface area contributed by atoms with Crippen molar-refractivity contribution < 1.29 is 28.2 Å². The molecule has 1 aliphatic rings. The Labute approximate surface area is 112 Å². The summed E-state index contributed by atoms with van der Waals surface area (Å²) in [6, 6.07) is 0. The van der Waals surface area contributed by atoms with Gasteiger partial charge in [-0.1, -0.05) is 20.8 Å². The molecule has 5 nitrogen and oxygen atoms in total. The molecule has 1 saturated heterocycles. The number of esters is 2. The molecule has 1 heterocycles. The van der Waals surface area contributed by atoms with Crippen molar-refractivity contribution in [1.29, 1.82) is 0 Å². The number of alkyl halides is 1. The first-order valence-electron chi connectivity index (χ1n) is 6.49. The molecule has 0 aromatic carbocycles. The van der Waals surface area contributed by atoms with Crippen molar-refractivity contribution in [2.24, 2.45) is 11.8 Å². The highest BCUT2D eigenvalue weighted by atomic mass is 19.1. The Balaban J connectivity index is 2.67.